The van der Waals surface area contributed by atoms with Crippen LogP contribution in [-0.2, 0) is 14.3 Å². The van der Waals surface area contributed by atoms with Crippen molar-refractivity contribution in [2.24, 2.45) is 0 Å². The van der Waals surface area contributed by atoms with Crippen LogP contribution in [0.1, 0.15) is 45.2 Å². The third-order valence-electron chi connectivity index (χ3n) is 5.37. The van der Waals surface area contributed by atoms with E-state index in [1.54, 1.807) is 76.4 Å². The predicted molar refractivity (Wildman–Crippen MR) is 131 cm³/mol. The van der Waals surface area contributed by atoms with Crippen molar-refractivity contribution in [3.05, 3.63) is 60.2 Å². The summed E-state index contributed by atoms with van der Waals surface area (Å²) in [5, 5.41) is 15.3. The van der Waals surface area contributed by atoms with Gasteiger partial charge in [0.15, 0.2) is 0 Å². The number of benzene rings is 2. The van der Waals surface area contributed by atoms with Gasteiger partial charge in [0.1, 0.15) is 23.4 Å². The van der Waals surface area contributed by atoms with Crippen LogP contribution in [0.3, 0.4) is 0 Å². The molecule has 2 atom stereocenters. The van der Waals surface area contributed by atoms with Gasteiger partial charge in [0.05, 0.1) is 13.7 Å². The number of carbonyl (C=O) groups excluding carboxylic acids is 3. The minimum Gasteiger partial charge on any atom is -0.497 e. The Labute approximate surface area is 205 Å². The molecule has 3 rings (SSSR count). The molecule has 188 valence electrons. The number of carbonyl (C=O) groups is 3. The highest BCUT2D eigenvalue weighted by atomic mass is 16.6. The summed E-state index contributed by atoms with van der Waals surface area (Å²) in [6, 6.07) is 13.4. The standard InChI is InChI=1S/C26H33N3O6/c1-26(2,3)35-25(33)28-21(16-30)24(32)29(19-12-13-19)22(17-8-6-5-7-9-17)23(31)27-18-10-14-20(34-4)15-11-18/h5-11,14-15,19,21-22,30H,12-13,16H2,1-4H3,(H,27,31)(H,28,33). The van der Waals surface area contributed by atoms with E-state index in [0.29, 0.717) is 17.0 Å². The summed E-state index contributed by atoms with van der Waals surface area (Å²) in [7, 11) is 1.56. The molecule has 0 radical (unpaired) electrons. The first-order valence-corrected chi connectivity index (χ1v) is 11.6. The Morgan fingerprint density at radius 3 is 2.20 bits per heavy atom. The quantitative estimate of drug-likeness (QED) is 0.504. The topological polar surface area (TPSA) is 117 Å². The molecule has 0 aromatic heterocycles. The van der Waals surface area contributed by atoms with Gasteiger partial charge in [-0.05, 0) is 63.4 Å². The number of anilines is 1. The summed E-state index contributed by atoms with van der Waals surface area (Å²) >= 11 is 0. The molecule has 2 aromatic carbocycles. The van der Waals surface area contributed by atoms with Crippen molar-refractivity contribution in [1.82, 2.24) is 10.2 Å². The highest BCUT2D eigenvalue weighted by Crippen LogP contribution is 2.36. The number of alkyl carbamates (subject to hydrolysis) is 1. The molecule has 2 aromatic rings. The van der Waals surface area contributed by atoms with Crippen molar-refractivity contribution in [3.8, 4) is 5.75 Å². The van der Waals surface area contributed by atoms with Crippen LogP contribution in [0.15, 0.2) is 54.6 Å². The summed E-state index contributed by atoms with van der Waals surface area (Å²) < 4.78 is 10.4. The molecule has 35 heavy (non-hydrogen) atoms. The monoisotopic (exact) mass is 483 g/mol. The van der Waals surface area contributed by atoms with Crippen molar-refractivity contribution in [2.75, 3.05) is 19.0 Å². The second-order valence-corrected chi connectivity index (χ2v) is 9.39. The molecule has 0 heterocycles. The maximum atomic E-state index is 13.6. The Kier molecular flexibility index (Phi) is 8.34. The van der Waals surface area contributed by atoms with E-state index in [-0.39, 0.29) is 6.04 Å². The summed E-state index contributed by atoms with van der Waals surface area (Å²) in [6.45, 7) is 4.47. The number of amides is 3. The molecule has 1 aliphatic carbocycles. The number of ether oxygens (including phenoxy) is 2. The number of aliphatic hydroxyl groups is 1. The molecule has 9 heteroatoms. The molecule has 3 amide bonds. The van der Waals surface area contributed by atoms with E-state index in [1.165, 1.54) is 4.90 Å². The fraction of sp³-hybridized carbons (Fsp3) is 0.423. The summed E-state index contributed by atoms with van der Waals surface area (Å²) in [4.78, 5) is 40.9. The Morgan fingerprint density at radius 1 is 1.06 bits per heavy atom. The Morgan fingerprint density at radius 2 is 1.69 bits per heavy atom. The van der Waals surface area contributed by atoms with Crippen molar-refractivity contribution >= 4 is 23.6 Å². The molecule has 1 saturated carbocycles. The van der Waals surface area contributed by atoms with E-state index in [0.717, 1.165) is 12.8 Å². The van der Waals surface area contributed by atoms with Gasteiger partial charge in [-0.1, -0.05) is 30.3 Å². The van der Waals surface area contributed by atoms with E-state index < -0.39 is 42.2 Å². The fourth-order valence-corrected chi connectivity index (χ4v) is 3.64. The van der Waals surface area contributed by atoms with E-state index in [4.69, 9.17) is 9.47 Å². The highest BCUT2D eigenvalue weighted by Gasteiger charge is 2.44. The first-order valence-electron chi connectivity index (χ1n) is 11.6. The van der Waals surface area contributed by atoms with Crippen LogP contribution >= 0.6 is 0 Å². The largest absolute Gasteiger partial charge is 0.497 e. The van der Waals surface area contributed by atoms with Gasteiger partial charge in [0, 0.05) is 11.7 Å². The second kappa shape index (κ2) is 11.2. The molecule has 0 spiro atoms. The van der Waals surface area contributed by atoms with Crippen molar-refractivity contribution in [1.29, 1.82) is 0 Å². The maximum absolute atomic E-state index is 13.6. The van der Waals surface area contributed by atoms with Gasteiger partial charge in [-0.3, -0.25) is 9.59 Å². The Balaban J connectivity index is 1.89. The molecule has 9 nitrogen and oxygen atoms in total. The molecular formula is C26H33N3O6. The zero-order valence-corrected chi connectivity index (χ0v) is 20.5. The number of nitrogens with zero attached hydrogens (tertiary/aromatic N) is 1. The van der Waals surface area contributed by atoms with Crippen LogP contribution < -0.4 is 15.4 Å². The summed E-state index contributed by atoms with van der Waals surface area (Å²) in [5.41, 5.74) is 0.395. The average Bonchev–Trinajstić information content (AvgIpc) is 3.65. The number of hydrogen-bond acceptors (Lipinski definition) is 6. The molecular weight excluding hydrogens is 450 g/mol. The van der Waals surface area contributed by atoms with Gasteiger partial charge in [-0.2, -0.15) is 0 Å². The maximum Gasteiger partial charge on any atom is 0.408 e. The molecule has 1 fully saturated rings. The van der Waals surface area contributed by atoms with Gasteiger partial charge < -0.3 is 30.1 Å². The van der Waals surface area contributed by atoms with Crippen LogP contribution in [0.5, 0.6) is 5.75 Å². The van der Waals surface area contributed by atoms with E-state index in [9.17, 15) is 19.5 Å². The average molecular weight is 484 g/mol. The zero-order valence-electron chi connectivity index (χ0n) is 20.5. The summed E-state index contributed by atoms with van der Waals surface area (Å²) in [6.07, 6.45) is 0.616. The fourth-order valence-electron chi connectivity index (χ4n) is 3.64. The molecule has 3 N–H and O–H groups in total. The highest BCUT2D eigenvalue weighted by molar-refractivity contribution is 5.99. The molecule has 0 aliphatic heterocycles. The Hall–Kier alpha value is -3.59. The smallest absolute Gasteiger partial charge is 0.408 e. The first-order chi connectivity index (χ1) is 16.6. The van der Waals surface area contributed by atoms with E-state index >= 15 is 0 Å². The minimum absolute atomic E-state index is 0.191. The van der Waals surface area contributed by atoms with Crippen LogP contribution in [0.4, 0.5) is 10.5 Å². The van der Waals surface area contributed by atoms with Gasteiger partial charge in [0.2, 0.25) is 5.91 Å². The van der Waals surface area contributed by atoms with Crippen molar-refractivity contribution in [2.45, 2.75) is 57.3 Å². The van der Waals surface area contributed by atoms with Gasteiger partial charge in [-0.25, -0.2) is 4.79 Å². The van der Waals surface area contributed by atoms with Gasteiger partial charge >= 0.3 is 6.09 Å². The number of aliphatic hydroxyl groups excluding tert-OH is 1. The van der Waals surface area contributed by atoms with E-state index in [1.807, 2.05) is 6.07 Å². The van der Waals surface area contributed by atoms with Gasteiger partial charge in [-0.15, -0.1) is 0 Å². The predicted octanol–water partition coefficient (Wildman–Crippen LogP) is 3.25. The van der Waals surface area contributed by atoms with Crippen LogP contribution in [0, 0.1) is 0 Å². The lowest BCUT2D eigenvalue weighted by Crippen LogP contribution is -2.54. The van der Waals surface area contributed by atoms with Crippen molar-refractivity contribution < 1.29 is 29.0 Å². The third kappa shape index (κ3) is 7.19. The SMILES string of the molecule is COc1ccc(NC(=O)C(c2ccccc2)N(C(=O)C(CO)NC(=O)OC(C)(C)C)C2CC2)cc1. The number of rotatable bonds is 9. The first kappa shape index (κ1) is 26.0. The molecule has 2 unspecified atom stereocenters. The number of nitrogens with one attached hydrogen (secondary N) is 2. The lowest BCUT2D eigenvalue weighted by molar-refractivity contribution is -0.142. The summed E-state index contributed by atoms with van der Waals surface area (Å²) in [5.74, 6) is -0.313. The number of hydrogen-bond donors (Lipinski definition) is 3. The molecule has 0 bridgehead atoms. The van der Waals surface area contributed by atoms with Crippen LogP contribution in [0.2, 0.25) is 0 Å². The molecule has 0 saturated heterocycles. The van der Waals surface area contributed by atoms with Crippen LogP contribution in [0.25, 0.3) is 0 Å². The normalized spacial score (nSPS) is 14.9. The number of methoxy groups -OCH3 is 1. The second-order valence-electron chi connectivity index (χ2n) is 9.39. The van der Waals surface area contributed by atoms with E-state index in [2.05, 4.69) is 10.6 Å². The van der Waals surface area contributed by atoms with Crippen LogP contribution in [-0.4, -0.2) is 59.3 Å². The minimum atomic E-state index is -1.26. The molecule has 1 aliphatic rings. The lowest BCUT2D eigenvalue weighted by atomic mass is 10.0. The zero-order chi connectivity index (χ0) is 25.6. The Bertz CT molecular complexity index is 1020. The third-order valence-corrected chi connectivity index (χ3v) is 5.37. The van der Waals surface area contributed by atoms with Gasteiger partial charge in [0.25, 0.3) is 5.91 Å². The van der Waals surface area contributed by atoms with Crippen molar-refractivity contribution in [3.63, 3.8) is 0 Å². The lowest BCUT2D eigenvalue weighted by Gasteiger charge is -2.34.